The van der Waals surface area contributed by atoms with Gasteiger partial charge in [0.2, 0.25) is 0 Å². The minimum atomic E-state index is -0.885. The summed E-state index contributed by atoms with van der Waals surface area (Å²) in [6, 6.07) is -0.624. The van der Waals surface area contributed by atoms with Crippen molar-refractivity contribution in [3.05, 3.63) is 72.9 Å². The van der Waals surface area contributed by atoms with E-state index in [9.17, 15) is 19.5 Å². The normalized spacial score (nSPS) is 13.7. The van der Waals surface area contributed by atoms with Crippen molar-refractivity contribution in [2.24, 2.45) is 0 Å². The number of aliphatic carboxylic acids is 1. The van der Waals surface area contributed by atoms with E-state index in [0.29, 0.717) is 19.3 Å². The van der Waals surface area contributed by atoms with E-state index in [4.69, 9.17) is 14.2 Å². The minimum absolute atomic E-state index is 0.0410. The molecule has 0 saturated heterocycles. The minimum Gasteiger partial charge on any atom is -0.477 e. The number of quaternary nitrogens is 1. The second-order valence-electron chi connectivity index (χ2n) is 15.2. The molecule has 0 heterocycles. The number of hydrogen-bond acceptors (Lipinski definition) is 6. The average molecular weight is 771 g/mol. The summed E-state index contributed by atoms with van der Waals surface area (Å²) >= 11 is 0. The Hall–Kier alpha value is -3.23. The number of likely N-dealkylation sites (N-methyl/N-ethyl adjacent to an activating group) is 1. The first-order chi connectivity index (χ1) is 26.6. The first-order valence-electron chi connectivity index (χ1n) is 21.5. The highest BCUT2D eigenvalue weighted by molar-refractivity contribution is 5.72. The molecule has 0 radical (unpaired) electrons. The van der Waals surface area contributed by atoms with Crippen LogP contribution in [0.25, 0.3) is 0 Å². The molecular weight excluding hydrogens is 691 g/mol. The third kappa shape index (κ3) is 36.2. The molecule has 0 aromatic rings. The molecule has 0 fully saturated rings. The van der Waals surface area contributed by atoms with Crippen molar-refractivity contribution in [1.82, 2.24) is 0 Å². The maximum absolute atomic E-state index is 12.7. The Bertz CT molecular complexity index is 1130. The molecule has 0 aliphatic carbocycles. The summed E-state index contributed by atoms with van der Waals surface area (Å²) in [5.41, 5.74) is 0. The Morgan fingerprint density at radius 1 is 0.564 bits per heavy atom. The molecule has 0 amide bonds. The van der Waals surface area contributed by atoms with Crippen LogP contribution in [-0.4, -0.2) is 80.6 Å². The van der Waals surface area contributed by atoms with Gasteiger partial charge in [-0.1, -0.05) is 151 Å². The van der Waals surface area contributed by atoms with Crippen molar-refractivity contribution < 1.29 is 38.2 Å². The zero-order chi connectivity index (χ0) is 40.7. The van der Waals surface area contributed by atoms with Crippen LogP contribution in [0.15, 0.2) is 72.9 Å². The Kier molecular flexibility index (Phi) is 35.5. The van der Waals surface area contributed by atoms with Crippen LogP contribution in [0.5, 0.6) is 0 Å². The molecule has 0 saturated carbocycles. The van der Waals surface area contributed by atoms with Gasteiger partial charge in [-0.3, -0.25) is 9.59 Å². The SMILES string of the molecule is CC/C=C/C/C=C/C/C=C/C/C=C/C/C=C/C/C=C/CCCC(=O)OCC(COCCC(C(=O)O)[N+](C)(C)C)OC(=O)CCCCCCCCCCCCC. The van der Waals surface area contributed by atoms with Crippen molar-refractivity contribution >= 4 is 17.9 Å². The third-order valence-electron chi connectivity index (χ3n) is 9.12. The lowest BCUT2D eigenvalue weighted by molar-refractivity contribution is -0.887. The van der Waals surface area contributed by atoms with Gasteiger partial charge in [0.15, 0.2) is 12.1 Å². The Balaban J connectivity index is 4.44. The monoisotopic (exact) mass is 771 g/mol. The lowest BCUT2D eigenvalue weighted by atomic mass is 10.1. The van der Waals surface area contributed by atoms with Crippen molar-refractivity contribution in [1.29, 1.82) is 0 Å². The molecule has 55 heavy (non-hydrogen) atoms. The highest BCUT2D eigenvalue weighted by atomic mass is 16.6. The number of unbranched alkanes of at least 4 members (excludes halogenated alkanes) is 11. The van der Waals surface area contributed by atoms with Gasteiger partial charge in [-0.15, -0.1) is 0 Å². The molecule has 0 aliphatic heterocycles. The van der Waals surface area contributed by atoms with Crippen LogP contribution in [0, 0.1) is 0 Å². The highest BCUT2D eigenvalue weighted by Gasteiger charge is 2.31. The number of carboxylic acids is 1. The number of allylic oxidation sites excluding steroid dienone is 12. The van der Waals surface area contributed by atoms with Crippen LogP contribution in [0.2, 0.25) is 0 Å². The smallest absolute Gasteiger partial charge is 0.362 e. The second kappa shape index (κ2) is 37.7. The summed E-state index contributed by atoms with van der Waals surface area (Å²) in [6.07, 6.45) is 46.7. The van der Waals surface area contributed by atoms with E-state index in [-0.39, 0.29) is 42.7 Å². The number of hydrogen-bond donors (Lipinski definition) is 1. The first-order valence-corrected chi connectivity index (χ1v) is 21.5. The van der Waals surface area contributed by atoms with E-state index < -0.39 is 18.1 Å². The van der Waals surface area contributed by atoms with Gasteiger partial charge in [-0.05, 0) is 57.8 Å². The summed E-state index contributed by atoms with van der Waals surface area (Å²) in [6.45, 7) is 4.54. The maximum atomic E-state index is 12.7. The van der Waals surface area contributed by atoms with Crippen molar-refractivity contribution in [2.45, 2.75) is 167 Å². The molecule has 0 aromatic carbocycles. The van der Waals surface area contributed by atoms with Crippen LogP contribution in [0.4, 0.5) is 0 Å². The van der Waals surface area contributed by atoms with Gasteiger partial charge in [-0.25, -0.2) is 4.79 Å². The Labute approximate surface area is 336 Å². The second-order valence-corrected chi connectivity index (χ2v) is 15.2. The zero-order valence-corrected chi connectivity index (χ0v) is 35.6. The molecular formula is C47H80NO7+. The van der Waals surface area contributed by atoms with Gasteiger partial charge in [0.05, 0.1) is 34.4 Å². The predicted octanol–water partition coefficient (Wildman–Crippen LogP) is 11.6. The fourth-order valence-electron chi connectivity index (χ4n) is 5.81. The van der Waals surface area contributed by atoms with Crippen LogP contribution in [0.3, 0.4) is 0 Å². The Morgan fingerprint density at radius 2 is 1.02 bits per heavy atom. The van der Waals surface area contributed by atoms with Gasteiger partial charge >= 0.3 is 17.9 Å². The van der Waals surface area contributed by atoms with Gasteiger partial charge < -0.3 is 23.8 Å². The number of nitrogens with zero attached hydrogens (tertiary/aromatic N) is 1. The van der Waals surface area contributed by atoms with E-state index in [2.05, 4.69) is 86.8 Å². The lowest BCUT2D eigenvalue weighted by Gasteiger charge is -2.31. The van der Waals surface area contributed by atoms with Gasteiger partial charge in [0.25, 0.3) is 0 Å². The number of carbonyl (C=O) groups is 3. The molecule has 2 atom stereocenters. The summed E-state index contributed by atoms with van der Waals surface area (Å²) in [5, 5.41) is 9.60. The van der Waals surface area contributed by atoms with Gasteiger partial charge in [0.1, 0.15) is 6.61 Å². The number of rotatable bonds is 37. The molecule has 0 aliphatic rings. The van der Waals surface area contributed by atoms with E-state index in [0.717, 1.165) is 64.2 Å². The third-order valence-corrected chi connectivity index (χ3v) is 9.12. The summed E-state index contributed by atoms with van der Waals surface area (Å²) in [5.74, 6) is -1.55. The largest absolute Gasteiger partial charge is 0.477 e. The molecule has 8 nitrogen and oxygen atoms in total. The van der Waals surface area contributed by atoms with E-state index in [1.165, 1.54) is 51.4 Å². The van der Waals surface area contributed by atoms with E-state index >= 15 is 0 Å². The van der Waals surface area contributed by atoms with Crippen LogP contribution in [0.1, 0.15) is 155 Å². The summed E-state index contributed by atoms with van der Waals surface area (Å²) in [7, 11) is 5.50. The molecule has 0 bridgehead atoms. The predicted molar refractivity (Wildman–Crippen MR) is 229 cm³/mol. The maximum Gasteiger partial charge on any atom is 0.362 e. The summed E-state index contributed by atoms with van der Waals surface area (Å²) < 4.78 is 17.2. The number of carboxylic acid groups (broad SMARTS) is 1. The summed E-state index contributed by atoms with van der Waals surface area (Å²) in [4.78, 5) is 36.9. The molecule has 8 heteroatoms. The quantitative estimate of drug-likeness (QED) is 0.0291. The molecule has 0 aromatic heterocycles. The molecule has 0 rings (SSSR count). The number of carbonyl (C=O) groups excluding carboxylic acids is 2. The topological polar surface area (TPSA) is 99.1 Å². The van der Waals surface area contributed by atoms with Crippen molar-refractivity contribution in [2.75, 3.05) is 41.0 Å². The lowest BCUT2D eigenvalue weighted by Crippen LogP contribution is -2.50. The molecule has 0 spiro atoms. The van der Waals surface area contributed by atoms with Crippen LogP contribution in [-0.2, 0) is 28.6 Å². The van der Waals surface area contributed by atoms with Crippen LogP contribution < -0.4 is 0 Å². The number of ether oxygens (including phenoxy) is 3. The zero-order valence-electron chi connectivity index (χ0n) is 35.6. The standard InChI is InChI=1S/C47H79NO7/c1-6-8-10-12-14-16-18-19-20-21-22-23-24-25-26-28-29-31-33-35-37-45(49)54-42-43(41-53-40-39-44(47(51)52)48(3,4)5)55-46(50)38-36-34-32-30-27-17-15-13-11-9-7-2/h8,10,14,16,19-20,22-23,25-26,29,31,43-44H,6-7,9,11-13,15,17-18,21,24,27-28,30,32-42H2,1-5H3/p+1/b10-8+,16-14+,20-19+,23-22+,26-25+,31-29+. The Morgan fingerprint density at radius 3 is 1.49 bits per heavy atom. The van der Waals surface area contributed by atoms with Gasteiger partial charge in [0, 0.05) is 19.3 Å². The highest BCUT2D eigenvalue weighted by Crippen LogP contribution is 2.13. The van der Waals surface area contributed by atoms with Crippen molar-refractivity contribution in [3.63, 3.8) is 0 Å². The number of esters is 2. The fraction of sp³-hybridized carbons (Fsp3) is 0.681. The van der Waals surface area contributed by atoms with Gasteiger partial charge in [-0.2, -0.15) is 0 Å². The van der Waals surface area contributed by atoms with E-state index in [1.54, 1.807) is 0 Å². The van der Waals surface area contributed by atoms with E-state index in [1.807, 2.05) is 21.1 Å². The molecule has 314 valence electrons. The fourth-order valence-corrected chi connectivity index (χ4v) is 5.81. The average Bonchev–Trinajstić information content (AvgIpc) is 3.14. The first kappa shape index (κ1) is 51.8. The van der Waals surface area contributed by atoms with Crippen molar-refractivity contribution in [3.8, 4) is 0 Å². The molecule has 1 N–H and O–H groups in total. The van der Waals surface area contributed by atoms with Crippen LogP contribution >= 0.6 is 0 Å². The molecule has 2 unspecified atom stereocenters.